The highest BCUT2D eigenvalue weighted by Gasteiger charge is 2.32. The fourth-order valence-electron chi connectivity index (χ4n) is 3.79. The topological polar surface area (TPSA) is 66.2 Å². The van der Waals surface area contributed by atoms with Crippen molar-refractivity contribution in [3.63, 3.8) is 0 Å². The van der Waals surface area contributed by atoms with Crippen LogP contribution in [0, 0.1) is 0 Å². The molecule has 0 aromatic carbocycles. The van der Waals surface area contributed by atoms with Crippen LogP contribution in [0.2, 0.25) is 0 Å². The van der Waals surface area contributed by atoms with Gasteiger partial charge in [-0.2, -0.15) is 11.8 Å². The quantitative estimate of drug-likeness (QED) is 0.763. The highest BCUT2D eigenvalue weighted by atomic mass is 32.2. The summed E-state index contributed by atoms with van der Waals surface area (Å²) in [5.74, 6) is 2.04. The second kappa shape index (κ2) is 9.50. The summed E-state index contributed by atoms with van der Waals surface area (Å²) in [6, 6.07) is 4.02. The van der Waals surface area contributed by atoms with Crippen LogP contribution in [0.4, 0.5) is 4.79 Å². The Labute approximate surface area is 165 Å². The smallest absolute Gasteiger partial charge is 0.409 e. The van der Waals surface area contributed by atoms with Crippen molar-refractivity contribution in [2.75, 3.05) is 52.1 Å². The van der Waals surface area contributed by atoms with Crippen LogP contribution in [-0.4, -0.2) is 84.9 Å². The maximum atomic E-state index is 12.8. The molecule has 3 rings (SSSR count). The van der Waals surface area contributed by atoms with Crippen molar-refractivity contribution in [1.82, 2.24) is 14.7 Å². The molecule has 0 saturated carbocycles. The van der Waals surface area contributed by atoms with Crippen LogP contribution in [0.1, 0.15) is 36.1 Å². The van der Waals surface area contributed by atoms with Gasteiger partial charge < -0.3 is 19.0 Å². The molecular formula is C19H29N3O4S. The van der Waals surface area contributed by atoms with E-state index in [9.17, 15) is 9.59 Å². The average Bonchev–Trinajstić information content (AvgIpc) is 3.17. The summed E-state index contributed by atoms with van der Waals surface area (Å²) in [5, 5.41) is 0. The lowest BCUT2D eigenvalue weighted by Gasteiger charge is -2.42. The summed E-state index contributed by atoms with van der Waals surface area (Å²) in [6.07, 6.45) is 3.86. The zero-order chi connectivity index (χ0) is 19.2. The molecule has 8 heteroatoms. The monoisotopic (exact) mass is 395 g/mol. The Kier molecular flexibility index (Phi) is 7.07. The Balaban J connectivity index is 1.53. The van der Waals surface area contributed by atoms with Crippen LogP contribution in [0.3, 0.4) is 0 Å². The first-order valence-electron chi connectivity index (χ1n) is 9.65. The van der Waals surface area contributed by atoms with Crippen molar-refractivity contribution < 1.29 is 18.7 Å². The lowest BCUT2D eigenvalue weighted by molar-refractivity contribution is 0.0363. The number of amides is 2. The van der Waals surface area contributed by atoms with Crippen molar-refractivity contribution in [2.45, 2.75) is 31.6 Å². The second-order valence-electron chi connectivity index (χ2n) is 6.97. The van der Waals surface area contributed by atoms with Crippen molar-refractivity contribution >= 4 is 23.8 Å². The van der Waals surface area contributed by atoms with Gasteiger partial charge in [0.25, 0.3) is 5.91 Å². The average molecular weight is 396 g/mol. The van der Waals surface area contributed by atoms with Gasteiger partial charge in [-0.25, -0.2) is 4.79 Å². The summed E-state index contributed by atoms with van der Waals surface area (Å²) in [6.45, 7) is 6.73. The summed E-state index contributed by atoms with van der Waals surface area (Å²) >= 11 is 1.68. The molecule has 1 aromatic heterocycles. The van der Waals surface area contributed by atoms with Crippen LogP contribution < -0.4 is 0 Å². The highest BCUT2D eigenvalue weighted by molar-refractivity contribution is 7.97. The zero-order valence-electron chi connectivity index (χ0n) is 16.2. The fourth-order valence-corrected chi connectivity index (χ4v) is 4.23. The van der Waals surface area contributed by atoms with E-state index in [4.69, 9.17) is 9.15 Å². The molecule has 0 radical (unpaired) electrons. The molecule has 0 N–H and O–H groups in total. The lowest BCUT2D eigenvalue weighted by atomic mass is 10.0. The first kappa shape index (κ1) is 20.1. The third kappa shape index (κ3) is 4.99. The van der Waals surface area contributed by atoms with Gasteiger partial charge in [-0.05, 0) is 38.2 Å². The van der Waals surface area contributed by atoms with Crippen LogP contribution in [-0.2, 0) is 10.5 Å². The standard InChI is InChI=1S/C19H29N3O4S/c1-3-25-19(24)21-11-9-20(10-12-21)15-5-4-8-22(13-15)18(23)17-7-6-16(26-17)14-27-2/h6-7,15H,3-5,8-14H2,1-2H3. The van der Waals surface area contributed by atoms with Gasteiger partial charge in [0, 0.05) is 45.3 Å². The number of piperidine rings is 1. The lowest BCUT2D eigenvalue weighted by Crippen LogP contribution is -2.56. The van der Waals surface area contributed by atoms with Crippen LogP contribution in [0.15, 0.2) is 16.5 Å². The summed E-state index contributed by atoms with van der Waals surface area (Å²) in [5.41, 5.74) is 0. The fraction of sp³-hybridized carbons (Fsp3) is 0.684. The Bertz CT molecular complexity index is 643. The summed E-state index contributed by atoms with van der Waals surface area (Å²) in [7, 11) is 0. The first-order valence-corrected chi connectivity index (χ1v) is 11.0. The van der Waals surface area contributed by atoms with E-state index in [1.807, 2.05) is 24.1 Å². The number of rotatable bonds is 5. The number of likely N-dealkylation sites (tertiary alicyclic amines) is 1. The predicted molar refractivity (Wildman–Crippen MR) is 105 cm³/mol. The molecule has 2 amide bonds. The van der Waals surface area contributed by atoms with Crippen LogP contribution in [0.25, 0.3) is 0 Å². The van der Waals surface area contributed by atoms with Crippen molar-refractivity contribution in [3.05, 3.63) is 23.7 Å². The summed E-state index contributed by atoms with van der Waals surface area (Å²) in [4.78, 5) is 30.7. The number of nitrogens with zero attached hydrogens (tertiary/aromatic N) is 3. The molecule has 0 aliphatic carbocycles. The van der Waals surface area contributed by atoms with Crippen molar-refractivity contribution in [2.24, 2.45) is 0 Å². The van der Waals surface area contributed by atoms with E-state index in [0.29, 0.717) is 31.5 Å². The van der Waals surface area contributed by atoms with Crippen molar-refractivity contribution in [1.29, 1.82) is 0 Å². The maximum Gasteiger partial charge on any atom is 0.409 e. The molecular weight excluding hydrogens is 366 g/mol. The Morgan fingerprint density at radius 2 is 1.96 bits per heavy atom. The number of furan rings is 1. The van der Waals surface area contributed by atoms with Crippen LogP contribution >= 0.6 is 11.8 Å². The van der Waals surface area contributed by atoms with E-state index in [-0.39, 0.29) is 12.0 Å². The molecule has 7 nitrogen and oxygen atoms in total. The number of carbonyl (C=O) groups excluding carboxylic acids is 2. The number of hydrogen-bond acceptors (Lipinski definition) is 6. The minimum Gasteiger partial charge on any atom is -0.455 e. The number of thioether (sulfide) groups is 1. The second-order valence-corrected chi connectivity index (χ2v) is 7.83. The van der Waals surface area contributed by atoms with Gasteiger partial charge in [-0.1, -0.05) is 0 Å². The molecule has 0 spiro atoms. The van der Waals surface area contributed by atoms with E-state index in [0.717, 1.165) is 50.5 Å². The van der Waals surface area contributed by atoms with E-state index in [1.54, 1.807) is 22.7 Å². The van der Waals surface area contributed by atoms with Gasteiger partial charge >= 0.3 is 6.09 Å². The number of ether oxygens (including phenoxy) is 1. The van der Waals surface area contributed by atoms with Crippen molar-refractivity contribution in [3.8, 4) is 0 Å². The Morgan fingerprint density at radius 1 is 1.19 bits per heavy atom. The molecule has 1 aromatic rings. The first-order chi connectivity index (χ1) is 13.1. The van der Waals surface area contributed by atoms with Gasteiger partial charge in [0.15, 0.2) is 5.76 Å². The minimum absolute atomic E-state index is 0.0165. The van der Waals surface area contributed by atoms with E-state index in [1.165, 1.54) is 0 Å². The van der Waals surface area contributed by atoms with Gasteiger partial charge in [0.2, 0.25) is 0 Å². The van der Waals surface area contributed by atoms with E-state index >= 15 is 0 Å². The van der Waals surface area contributed by atoms with Crippen LogP contribution in [0.5, 0.6) is 0 Å². The molecule has 2 aliphatic rings. The number of carbonyl (C=O) groups is 2. The molecule has 0 bridgehead atoms. The normalized spacial score (nSPS) is 21.3. The van der Waals surface area contributed by atoms with Gasteiger partial charge in [0.05, 0.1) is 12.4 Å². The number of piperazine rings is 1. The number of hydrogen-bond donors (Lipinski definition) is 0. The highest BCUT2D eigenvalue weighted by Crippen LogP contribution is 2.21. The molecule has 150 valence electrons. The molecule has 2 fully saturated rings. The molecule has 2 aliphatic heterocycles. The predicted octanol–water partition coefficient (Wildman–Crippen LogP) is 2.52. The van der Waals surface area contributed by atoms with E-state index in [2.05, 4.69) is 4.90 Å². The molecule has 1 unspecified atom stereocenters. The van der Waals surface area contributed by atoms with E-state index < -0.39 is 0 Å². The van der Waals surface area contributed by atoms with Gasteiger partial charge in [-0.3, -0.25) is 9.69 Å². The zero-order valence-corrected chi connectivity index (χ0v) is 17.0. The Morgan fingerprint density at radius 3 is 2.67 bits per heavy atom. The third-order valence-electron chi connectivity index (χ3n) is 5.20. The molecule has 27 heavy (non-hydrogen) atoms. The largest absolute Gasteiger partial charge is 0.455 e. The van der Waals surface area contributed by atoms with Gasteiger partial charge in [0.1, 0.15) is 5.76 Å². The van der Waals surface area contributed by atoms with Gasteiger partial charge in [-0.15, -0.1) is 0 Å². The molecule has 1 atom stereocenters. The molecule has 3 heterocycles. The third-order valence-corrected chi connectivity index (χ3v) is 5.77. The minimum atomic E-state index is -0.225. The SMILES string of the molecule is CCOC(=O)N1CCN(C2CCCN(C(=O)c3ccc(CSC)o3)C2)CC1. The summed E-state index contributed by atoms with van der Waals surface area (Å²) < 4.78 is 10.8. The maximum absolute atomic E-state index is 12.8. The Hall–Kier alpha value is -1.67. The molecule has 2 saturated heterocycles.